The van der Waals surface area contributed by atoms with Crippen molar-refractivity contribution >= 4 is 28.1 Å². The summed E-state index contributed by atoms with van der Waals surface area (Å²) >= 11 is 6.32. The van der Waals surface area contributed by atoms with Crippen LogP contribution < -0.4 is 4.74 Å². The zero-order valence-electron chi connectivity index (χ0n) is 16.1. The number of aromatic nitrogens is 1. The number of hydrogen-bond acceptors (Lipinski definition) is 4. The first kappa shape index (κ1) is 17.5. The highest BCUT2D eigenvalue weighted by Crippen LogP contribution is 2.48. The van der Waals surface area contributed by atoms with Crippen LogP contribution in [0.3, 0.4) is 0 Å². The molecule has 5 heteroatoms. The second kappa shape index (κ2) is 6.85. The minimum atomic E-state index is -0.301. The lowest BCUT2D eigenvalue weighted by Gasteiger charge is -2.38. The Morgan fingerprint density at radius 1 is 0.900 bits per heavy atom. The molecular formula is C25H18ClN3O. The van der Waals surface area contributed by atoms with Gasteiger partial charge in [0.1, 0.15) is 5.75 Å². The largest absolute Gasteiger partial charge is 0.464 e. The van der Waals surface area contributed by atoms with Gasteiger partial charge in [0.15, 0.2) is 0 Å². The van der Waals surface area contributed by atoms with Crippen molar-refractivity contribution in [2.75, 3.05) is 0 Å². The molecule has 6 rings (SSSR count). The maximum absolute atomic E-state index is 6.37. The number of halogens is 1. The summed E-state index contributed by atoms with van der Waals surface area (Å²) in [7, 11) is 0. The van der Waals surface area contributed by atoms with E-state index in [1.807, 2.05) is 30.3 Å². The fourth-order valence-electron chi connectivity index (χ4n) is 4.35. The van der Waals surface area contributed by atoms with Gasteiger partial charge in [0.05, 0.1) is 11.8 Å². The van der Waals surface area contributed by atoms with E-state index in [2.05, 4.69) is 52.5 Å². The first-order valence-electron chi connectivity index (χ1n) is 9.97. The van der Waals surface area contributed by atoms with Crippen molar-refractivity contribution in [2.45, 2.75) is 18.7 Å². The standard InChI is InChI=1S/C25H18ClN3O/c26-20-7-8-24-21(14-20)23-15-22(19-6-5-16-3-1-2-4-18(16)13-19)28-29(23)25(30-24)17-9-11-27-12-10-17/h1-14,23,25H,15H2/t23-,25-/m0/s1. The fraction of sp³-hybridized carbons (Fsp3) is 0.120. The maximum atomic E-state index is 6.37. The lowest BCUT2D eigenvalue weighted by molar-refractivity contribution is -0.0190. The van der Waals surface area contributed by atoms with Crippen LogP contribution in [0.2, 0.25) is 5.02 Å². The van der Waals surface area contributed by atoms with Crippen LogP contribution in [-0.2, 0) is 0 Å². The molecule has 0 fully saturated rings. The predicted octanol–water partition coefficient (Wildman–Crippen LogP) is 6.13. The Balaban J connectivity index is 1.46. The molecule has 0 saturated heterocycles. The van der Waals surface area contributed by atoms with Gasteiger partial charge >= 0.3 is 0 Å². The van der Waals surface area contributed by atoms with Gasteiger partial charge in [0.2, 0.25) is 6.23 Å². The second-order valence-corrected chi connectivity index (χ2v) is 8.08. The quantitative estimate of drug-likeness (QED) is 0.398. The molecule has 0 saturated carbocycles. The molecule has 3 aromatic carbocycles. The molecule has 0 amide bonds. The number of pyridine rings is 1. The maximum Gasteiger partial charge on any atom is 0.213 e. The van der Waals surface area contributed by atoms with Crippen molar-refractivity contribution < 1.29 is 4.74 Å². The van der Waals surface area contributed by atoms with Gasteiger partial charge in [-0.25, -0.2) is 5.01 Å². The third kappa shape index (κ3) is 2.84. The highest BCUT2D eigenvalue weighted by molar-refractivity contribution is 6.30. The number of rotatable bonds is 2. The van der Waals surface area contributed by atoms with Crippen molar-refractivity contribution in [3.05, 3.63) is 107 Å². The Morgan fingerprint density at radius 2 is 1.73 bits per heavy atom. The summed E-state index contributed by atoms with van der Waals surface area (Å²) in [6, 6.07) is 24.8. The lowest BCUT2D eigenvalue weighted by atomic mass is 9.95. The molecule has 1 aromatic heterocycles. The molecule has 0 unspecified atom stereocenters. The van der Waals surface area contributed by atoms with E-state index in [0.717, 1.165) is 34.6 Å². The average Bonchev–Trinajstić information content (AvgIpc) is 3.25. The van der Waals surface area contributed by atoms with Crippen molar-refractivity contribution in [3.63, 3.8) is 0 Å². The monoisotopic (exact) mass is 411 g/mol. The molecule has 0 radical (unpaired) electrons. The highest BCUT2D eigenvalue weighted by atomic mass is 35.5. The Bertz CT molecular complexity index is 1290. The van der Waals surface area contributed by atoms with E-state index in [9.17, 15) is 0 Å². The van der Waals surface area contributed by atoms with Gasteiger partial charge in [-0.15, -0.1) is 0 Å². The van der Waals surface area contributed by atoms with Gasteiger partial charge in [0.25, 0.3) is 0 Å². The molecule has 4 aromatic rings. The molecule has 3 heterocycles. The number of benzene rings is 3. The molecule has 0 aliphatic carbocycles. The van der Waals surface area contributed by atoms with Crippen LogP contribution >= 0.6 is 11.6 Å². The summed E-state index contributed by atoms with van der Waals surface area (Å²) in [6.07, 6.45) is 4.07. The first-order valence-corrected chi connectivity index (χ1v) is 10.3. The van der Waals surface area contributed by atoms with Crippen LogP contribution in [-0.4, -0.2) is 15.7 Å². The predicted molar refractivity (Wildman–Crippen MR) is 119 cm³/mol. The summed E-state index contributed by atoms with van der Waals surface area (Å²) in [4.78, 5) is 4.15. The molecule has 4 nitrogen and oxygen atoms in total. The third-order valence-electron chi connectivity index (χ3n) is 5.83. The average molecular weight is 412 g/mol. The van der Waals surface area contributed by atoms with Crippen molar-refractivity contribution in [1.82, 2.24) is 9.99 Å². The zero-order valence-corrected chi connectivity index (χ0v) is 16.8. The number of hydrogen-bond donors (Lipinski definition) is 0. The second-order valence-electron chi connectivity index (χ2n) is 7.64. The van der Waals surface area contributed by atoms with Crippen LogP contribution in [0.1, 0.15) is 35.4 Å². The first-order chi connectivity index (χ1) is 14.8. The molecule has 30 heavy (non-hydrogen) atoms. The van der Waals surface area contributed by atoms with Crippen LogP contribution in [0.5, 0.6) is 5.75 Å². The van der Waals surface area contributed by atoms with Gasteiger partial charge in [-0.2, -0.15) is 5.10 Å². The SMILES string of the molecule is Clc1ccc2c(c1)[C@@H]1CC(c3ccc4ccccc4c3)=NN1[C@H](c1ccncc1)O2. The van der Waals surface area contributed by atoms with Crippen LogP contribution in [0.4, 0.5) is 0 Å². The molecule has 2 aliphatic heterocycles. The summed E-state index contributed by atoms with van der Waals surface area (Å²) in [5, 5.41) is 10.3. The summed E-state index contributed by atoms with van der Waals surface area (Å²) in [5.41, 5.74) is 4.30. The van der Waals surface area contributed by atoms with Crippen LogP contribution in [0, 0.1) is 0 Å². The van der Waals surface area contributed by atoms with Gasteiger partial charge in [-0.3, -0.25) is 4.98 Å². The number of nitrogens with zero attached hydrogens (tertiary/aromatic N) is 3. The normalized spacial score (nSPS) is 19.8. The van der Waals surface area contributed by atoms with E-state index in [0.29, 0.717) is 5.02 Å². The summed E-state index contributed by atoms with van der Waals surface area (Å²) in [6.45, 7) is 0. The molecule has 0 N–H and O–H groups in total. The van der Waals surface area contributed by atoms with E-state index in [-0.39, 0.29) is 12.3 Å². The Labute approximate surface area is 179 Å². The topological polar surface area (TPSA) is 37.7 Å². The zero-order chi connectivity index (χ0) is 20.1. The molecule has 0 spiro atoms. The number of hydrazone groups is 1. The Hall–Kier alpha value is -3.37. The smallest absolute Gasteiger partial charge is 0.213 e. The number of ether oxygens (including phenoxy) is 1. The van der Waals surface area contributed by atoms with Crippen molar-refractivity contribution in [1.29, 1.82) is 0 Å². The molecule has 2 aliphatic rings. The van der Waals surface area contributed by atoms with Crippen molar-refractivity contribution in [2.24, 2.45) is 5.10 Å². The molecular weight excluding hydrogens is 394 g/mol. The minimum Gasteiger partial charge on any atom is -0.464 e. The fourth-order valence-corrected chi connectivity index (χ4v) is 4.53. The lowest BCUT2D eigenvalue weighted by Crippen LogP contribution is -2.33. The summed E-state index contributed by atoms with van der Waals surface area (Å²) in [5.74, 6) is 0.859. The van der Waals surface area contributed by atoms with Crippen LogP contribution in [0.25, 0.3) is 10.8 Å². The van der Waals surface area contributed by atoms with Gasteiger partial charge in [-0.1, -0.05) is 48.0 Å². The van der Waals surface area contributed by atoms with Gasteiger partial charge < -0.3 is 4.74 Å². The van der Waals surface area contributed by atoms with E-state index >= 15 is 0 Å². The van der Waals surface area contributed by atoms with E-state index < -0.39 is 0 Å². The summed E-state index contributed by atoms with van der Waals surface area (Å²) < 4.78 is 6.37. The van der Waals surface area contributed by atoms with Gasteiger partial charge in [-0.05, 0) is 52.7 Å². The molecule has 0 bridgehead atoms. The van der Waals surface area contributed by atoms with E-state index in [1.165, 1.54) is 10.8 Å². The van der Waals surface area contributed by atoms with E-state index in [1.54, 1.807) is 12.4 Å². The number of fused-ring (bicyclic) bond motifs is 4. The minimum absolute atomic E-state index is 0.0760. The van der Waals surface area contributed by atoms with Gasteiger partial charge in [0, 0.05) is 35.0 Å². The Kier molecular flexibility index (Phi) is 3.99. The van der Waals surface area contributed by atoms with Crippen LogP contribution in [0.15, 0.2) is 90.3 Å². The van der Waals surface area contributed by atoms with E-state index in [4.69, 9.17) is 21.4 Å². The molecule has 2 atom stereocenters. The van der Waals surface area contributed by atoms with Crippen molar-refractivity contribution in [3.8, 4) is 5.75 Å². The third-order valence-corrected chi connectivity index (χ3v) is 6.06. The molecule has 146 valence electrons. The Morgan fingerprint density at radius 3 is 2.60 bits per heavy atom. The highest BCUT2D eigenvalue weighted by Gasteiger charge is 2.41.